The summed E-state index contributed by atoms with van der Waals surface area (Å²) in [4.78, 5) is 0. The minimum atomic E-state index is 0.101. The van der Waals surface area contributed by atoms with Crippen molar-refractivity contribution < 1.29 is 4.42 Å². The molecule has 5 heteroatoms. The molecule has 1 aromatic heterocycles. The maximum absolute atomic E-state index is 5.60. The number of hydrogen-bond acceptors (Lipinski definition) is 5. The Bertz CT molecular complexity index is 358. The van der Waals surface area contributed by atoms with Crippen LogP contribution < -0.4 is 10.6 Å². The van der Waals surface area contributed by atoms with E-state index in [2.05, 4.69) is 27.8 Å². The molecule has 0 aliphatic heterocycles. The SMILES string of the molecule is CCC1CCC(Nc2nnc(C(C)NC)o2)CC1. The van der Waals surface area contributed by atoms with E-state index in [1.165, 1.54) is 32.1 Å². The summed E-state index contributed by atoms with van der Waals surface area (Å²) < 4.78 is 5.60. The summed E-state index contributed by atoms with van der Waals surface area (Å²) in [5.41, 5.74) is 0. The minimum Gasteiger partial charge on any atom is -0.406 e. The van der Waals surface area contributed by atoms with Gasteiger partial charge in [-0.2, -0.15) is 0 Å². The lowest BCUT2D eigenvalue weighted by molar-refractivity contribution is 0.325. The number of hydrogen-bond donors (Lipinski definition) is 2. The lowest BCUT2D eigenvalue weighted by atomic mass is 9.85. The van der Waals surface area contributed by atoms with Crippen molar-refractivity contribution in [2.75, 3.05) is 12.4 Å². The van der Waals surface area contributed by atoms with Crippen LogP contribution in [0, 0.1) is 5.92 Å². The van der Waals surface area contributed by atoms with E-state index < -0.39 is 0 Å². The minimum absolute atomic E-state index is 0.101. The van der Waals surface area contributed by atoms with Gasteiger partial charge >= 0.3 is 6.01 Å². The Morgan fingerprint density at radius 2 is 2.00 bits per heavy atom. The average Bonchev–Trinajstić information content (AvgIpc) is 2.87. The molecule has 0 bridgehead atoms. The highest BCUT2D eigenvalue weighted by molar-refractivity contribution is 5.20. The van der Waals surface area contributed by atoms with E-state index in [4.69, 9.17) is 4.42 Å². The average molecular weight is 252 g/mol. The molecule has 2 rings (SSSR count). The molecule has 1 heterocycles. The second kappa shape index (κ2) is 6.18. The van der Waals surface area contributed by atoms with Crippen molar-refractivity contribution >= 4 is 6.01 Å². The molecule has 0 radical (unpaired) electrons. The monoisotopic (exact) mass is 252 g/mol. The summed E-state index contributed by atoms with van der Waals surface area (Å²) in [7, 11) is 1.88. The molecule has 1 unspecified atom stereocenters. The first-order valence-corrected chi connectivity index (χ1v) is 7.00. The second-order valence-corrected chi connectivity index (χ2v) is 5.23. The fourth-order valence-electron chi connectivity index (χ4n) is 2.48. The highest BCUT2D eigenvalue weighted by atomic mass is 16.4. The molecule has 1 fully saturated rings. The third-order valence-electron chi connectivity index (χ3n) is 4.00. The van der Waals surface area contributed by atoms with Crippen LogP contribution in [0.1, 0.15) is 57.9 Å². The Morgan fingerprint density at radius 1 is 1.28 bits per heavy atom. The maximum Gasteiger partial charge on any atom is 0.315 e. The van der Waals surface area contributed by atoms with E-state index >= 15 is 0 Å². The first-order chi connectivity index (χ1) is 8.72. The molecular weight excluding hydrogens is 228 g/mol. The molecule has 1 atom stereocenters. The van der Waals surface area contributed by atoms with Gasteiger partial charge in [0.1, 0.15) is 0 Å². The predicted molar refractivity (Wildman–Crippen MR) is 71.4 cm³/mol. The molecule has 1 aliphatic rings. The standard InChI is InChI=1S/C13H24N4O/c1-4-10-5-7-11(8-6-10)15-13-17-16-12(18-13)9(2)14-3/h9-11,14H,4-8H2,1-3H3,(H,15,17). The summed E-state index contributed by atoms with van der Waals surface area (Å²) >= 11 is 0. The van der Waals surface area contributed by atoms with Gasteiger partial charge in [-0.15, -0.1) is 5.10 Å². The van der Waals surface area contributed by atoms with Gasteiger partial charge in [-0.3, -0.25) is 0 Å². The highest BCUT2D eigenvalue weighted by Gasteiger charge is 2.21. The molecule has 1 saturated carbocycles. The van der Waals surface area contributed by atoms with Crippen LogP contribution in [-0.4, -0.2) is 23.3 Å². The Morgan fingerprint density at radius 3 is 2.61 bits per heavy atom. The van der Waals surface area contributed by atoms with Crippen molar-refractivity contribution in [3.05, 3.63) is 5.89 Å². The van der Waals surface area contributed by atoms with Gasteiger partial charge in [0, 0.05) is 6.04 Å². The molecule has 0 aromatic carbocycles. The lowest BCUT2D eigenvalue weighted by Gasteiger charge is -2.27. The maximum atomic E-state index is 5.60. The van der Waals surface area contributed by atoms with Crippen molar-refractivity contribution in [1.29, 1.82) is 0 Å². The Kier molecular flexibility index (Phi) is 4.58. The molecule has 1 aromatic rings. The molecule has 1 aliphatic carbocycles. The van der Waals surface area contributed by atoms with E-state index in [1.54, 1.807) is 0 Å². The van der Waals surface area contributed by atoms with E-state index in [0.717, 1.165) is 5.92 Å². The van der Waals surface area contributed by atoms with Crippen LogP contribution >= 0.6 is 0 Å². The topological polar surface area (TPSA) is 63.0 Å². The van der Waals surface area contributed by atoms with Gasteiger partial charge in [-0.1, -0.05) is 18.4 Å². The van der Waals surface area contributed by atoms with Gasteiger partial charge in [0.05, 0.1) is 6.04 Å². The summed E-state index contributed by atoms with van der Waals surface area (Å²) in [6, 6.07) is 1.15. The van der Waals surface area contributed by atoms with Gasteiger partial charge in [0.15, 0.2) is 0 Å². The van der Waals surface area contributed by atoms with E-state index in [-0.39, 0.29) is 6.04 Å². The van der Waals surface area contributed by atoms with Crippen molar-refractivity contribution in [3.8, 4) is 0 Å². The molecule has 2 N–H and O–H groups in total. The molecular formula is C13H24N4O. The number of rotatable bonds is 5. The number of nitrogens with zero attached hydrogens (tertiary/aromatic N) is 2. The van der Waals surface area contributed by atoms with Crippen molar-refractivity contribution in [3.63, 3.8) is 0 Å². The number of anilines is 1. The van der Waals surface area contributed by atoms with Gasteiger partial charge in [0.25, 0.3) is 0 Å². The third kappa shape index (κ3) is 3.22. The van der Waals surface area contributed by atoms with Crippen molar-refractivity contribution in [2.45, 2.75) is 58.0 Å². The Balaban J connectivity index is 1.85. The van der Waals surface area contributed by atoms with Crippen LogP contribution in [0.3, 0.4) is 0 Å². The summed E-state index contributed by atoms with van der Waals surface area (Å²) in [6.45, 7) is 4.28. The zero-order valence-corrected chi connectivity index (χ0v) is 11.6. The van der Waals surface area contributed by atoms with Crippen molar-refractivity contribution in [1.82, 2.24) is 15.5 Å². The molecule has 18 heavy (non-hydrogen) atoms. The summed E-state index contributed by atoms with van der Waals surface area (Å²) in [5.74, 6) is 1.55. The fraction of sp³-hybridized carbons (Fsp3) is 0.846. The third-order valence-corrected chi connectivity index (χ3v) is 4.00. The Hall–Kier alpha value is -1.10. The van der Waals surface area contributed by atoms with E-state index in [0.29, 0.717) is 17.9 Å². The first kappa shape index (κ1) is 13.3. The largest absolute Gasteiger partial charge is 0.406 e. The smallest absolute Gasteiger partial charge is 0.315 e. The lowest BCUT2D eigenvalue weighted by Crippen LogP contribution is -2.26. The first-order valence-electron chi connectivity index (χ1n) is 7.00. The fourth-order valence-corrected chi connectivity index (χ4v) is 2.48. The van der Waals surface area contributed by atoms with Crippen LogP contribution in [-0.2, 0) is 0 Å². The summed E-state index contributed by atoms with van der Waals surface area (Å²) in [5, 5.41) is 14.5. The normalized spacial score (nSPS) is 25.9. The van der Waals surface area contributed by atoms with Gasteiger partial charge in [0.2, 0.25) is 5.89 Å². The molecule has 0 spiro atoms. The van der Waals surface area contributed by atoms with E-state index in [9.17, 15) is 0 Å². The zero-order chi connectivity index (χ0) is 13.0. The van der Waals surface area contributed by atoms with Gasteiger partial charge in [-0.05, 0) is 45.6 Å². The molecule has 102 valence electrons. The molecule has 0 amide bonds. The van der Waals surface area contributed by atoms with Crippen LogP contribution in [0.15, 0.2) is 4.42 Å². The van der Waals surface area contributed by atoms with Crippen LogP contribution in [0.2, 0.25) is 0 Å². The second-order valence-electron chi connectivity index (χ2n) is 5.23. The molecule has 0 saturated heterocycles. The quantitative estimate of drug-likeness (QED) is 0.843. The highest BCUT2D eigenvalue weighted by Crippen LogP contribution is 2.28. The van der Waals surface area contributed by atoms with Crippen LogP contribution in [0.5, 0.6) is 0 Å². The number of aromatic nitrogens is 2. The van der Waals surface area contributed by atoms with Crippen LogP contribution in [0.4, 0.5) is 6.01 Å². The van der Waals surface area contributed by atoms with Gasteiger partial charge in [-0.25, -0.2) is 0 Å². The zero-order valence-electron chi connectivity index (χ0n) is 11.6. The molecule has 5 nitrogen and oxygen atoms in total. The van der Waals surface area contributed by atoms with Gasteiger partial charge < -0.3 is 15.1 Å². The van der Waals surface area contributed by atoms with Crippen LogP contribution in [0.25, 0.3) is 0 Å². The van der Waals surface area contributed by atoms with E-state index in [1.807, 2.05) is 14.0 Å². The summed E-state index contributed by atoms with van der Waals surface area (Å²) in [6.07, 6.45) is 6.33. The Labute approximate surface area is 109 Å². The predicted octanol–water partition coefficient (Wildman–Crippen LogP) is 2.73. The van der Waals surface area contributed by atoms with Crippen molar-refractivity contribution in [2.24, 2.45) is 5.92 Å². The number of nitrogens with one attached hydrogen (secondary N) is 2.